The number of nitrogen functional groups attached to an aromatic ring is 1. The monoisotopic (exact) mass is 285 g/mol. The van der Waals surface area contributed by atoms with E-state index in [1.165, 1.54) is 6.07 Å². The van der Waals surface area contributed by atoms with Gasteiger partial charge in [-0.25, -0.2) is 13.1 Å². The topological polar surface area (TPSA) is 75.4 Å². The lowest BCUT2D eigenvalue weighted by Crippen LogP contribution is -2.48. The Balaban J connectivity index is 2.94. The smallest absolute Gasteiger partial charge is 0.240 e. The van der Waals surface area contributed by atoms with Crippen molar-refractivity contribution in [3.8, 4) is 0 Å². The van der Waals surface area contributed by atoms with Crippen LogP contribution >= 0.6 is 0 Å². The minimum atomic E-state index is -3.51. The quantitative estimate of drug-likeness (QED) is 0.797. The Kier molecular flexibility index (Phi) is 4.60. The minimum Gasteiger partial charge on any atom is -0.399 e. The van der Waals surface area contributed by atoms with E-state index in [2.05, 4.69) is 4.72 Å². The van der Waals surface area contributed by atoms with Crippen molar-refractivity contribution in [1.82, 2.24) is 9.62 Å². The van der Waals surface area contributed by atoms with Crippen LogP contribution in [0.1, 0.15) is 19.4 Å². The number of hydrogen-bond acceptors (Lipinski definition) is 4. The zero-order chi connectivity index (χ0) is 14.8. The highest BCUT2D eigenvalue weighted by molar-refractivity contribution is 7.89. The maximum absolute atomic E-state index is 12.3. The van der Waals surface area contributed by atoms with Gasteiger partial charge in [0.2, 0.25) is 10.0 Å². The maximum atomic E-state index is 12.3. The minimum absolute atomic E-state index is 0.255. The second-order valence-corrected chi connectivity index (χ2v) is 7.29. The van der Waals surface area contributed by atoms with Crippen molar-refractivity contribution in [3.63, 3.8) is 0 Å². The third kappa shape index (κ3) is 3.92. The van der Waals surface area contributed by atoms with Crippen molar-refractivity contribution in [2.75, 3.05) is 26.4 Å². The van der Waals surface area contributed by atoms with Crippen LogP contribution in [0.5, 0.6) is 0 Å². The molecule has 108 valence electrons. The Bertz CT molecular complexity index is 551. The first kappa shape index (κ1) is 15.9. The molecule has 0 amide bonds. The molecule has 0 unspecified atom stereocenters. The highest BCUT2D eigenvalue weighted by Crippen LogP contribution is 2.18. The third-order valence-electron chi connectivity index (χ3n) is 3.39. The number of nitrogens with zero attached hydrogens (tertiary/aromatic N) is 1. The Labute approximate surface area is 115 Å². The molecule has 0 saturated heterocycles. The van der Waals surface area contributed by atoms with Crippen molar-refractivity contribution >= 4 is 15.7 Å². The zero-order valence-corrected chi connectivity index (χ0v) is 13.0. The van der Waals surface area contributed by atoms with E-state index in [0.29, 0.717) is 17.8 Å². The molecule has 0 bridgehead atoms. The second-order valence-electron chi connectivity index (χ2n) is 5.56. The summed E-state index contributed by atoms with van der Waals surface area (Å²) >= 11 is 0. The Morgan fingerprint density at radius 2 is 1.89 bits per heavy atom. The van der Waals surface area contributed by atoms with Crippen LogP contribution in [0.25, 0.3) is 0 Å². The SMILES string of the molecule is Cc1cc(N)ccc1S(=O)(=O)NCC(C)(C)N(C)C. The van der Waals surface area contributed by atoms with Crippen LogP contribution in [0.2, 0.25) is 0 Å². The molecular formula is C13H23N3O2S. The summed E-state index contributed by atoms with van der Waals surface area (Å²) in [6.07, 6.45) is 0. The van der Waals surface area contributed by atoms with Crippen LogP contribution in [-0.2, 0) is 10.0 Å². The lowest BCUT2D eigenvalue weighted by molar-refractivity contribution is 0.199. The van der Waals surface area contributed by atoms with E-state index < -0.39 is 10.0 Å². The fourth-order valence-electron chi connectivity index (χ4n) is 1.48. The molecule has 0 fully saturated rings. The van der Waals surface area contributed by atoms with E-state index in [0.717, 1.165) is 0 Å². The van der Waals surface area contributed by atoms with Gasteiger partial charge in [0.1, 0.15) is 0 Å². The first-order chi connectivity index (χ1) is 8.56. The summed E-state index contributed by atoms with van der Waals surface area (Å²) in [5, 5.41) is 0. The maximum Gasteiger partial charge on any atom is 0.240 e. The van der Waals surface area contributed by atoms with Crippen molar-refractivity contribution in [1.29, 1.82) is 0 Å². The van der Waals surface area contributed by atoms with Gasteiger partial charge in [-0.3, -0.25) is 0 Å². The standard InChI is InChI=1S/C13H23N3O2S/c1-10-8-11(14)6-7-12(10)19(17,18)15-9-13(2,3)16(4)5/h6-8,15H,9,14H2,1-5H3. The van der Waals surface area contributed by atoms with E-state index in [1.807, 2.05) is 32.8 Å². The largest absolute Gasteiger partial charge is 0.399 e. The van der Waals surface area contributed by atoms with Gasteiger partial charge in [-0.15, -0.1) is 0 Å². The van der Waals surface area contributed by atoms with Crippen molar-refractivity contribution < 1.29 is 8.42 Å². The van der Waals surface area contributed by atoms with Crippen molar-refractivity contribution in [2.24, 2.45) is 0 Å². The predicted molar refractivity (Wildman–Crippen MR) is 78.5 cm³/mol. The summed E-state index contributed by atoms with van der Waals surface area (Å²) in [5.74, 6) is 0. The fraction of sp³-hybridized carbons (Fsp3) is 0.538. The second kappa shape index (κ2) is 5.48. The number of hydrogen-bond donors (Lipinski definition) is 2. The molecule has 1 aromatic rings. The average molecular weight is 285 g/mol. The molecule has 0 aliphatic rings. The molecule has 3 N–H and O–H groups in total. The summed E-state index contributed by atoms with van der Waals surface area (Å²) in [7, 11) is 0.332. The number of nitrogens with one attached hydrogen (secondary N) is 1. The number of aryl methyl sites for hydroxylation is 1. The van der Waals surface area contributed by atoms with Gasteiger partial charge in [0.05, 0.1) is 4.90 Å². The first-order valence-electron chi connectivity index (χ1n) is 6.09. The summed E-state index contributed by atoms with van der Waals surface area (Å²) in [6.45, 7) is 6.03. The van der Waals surface area contributed by atoms with E-state index in [1.54, 1.807) is 19.1 Å². The van der Waals surface area contributed by atoms with E-state index in [-0.39, 0.29) is 10.4 Å². The van der Waals surface area contributed by atoms with Crippen LogP contribution in [-0.4, -0.2) is 39.5 Å². The molecule has 0 aliphatic heterocycles. The summed E-state index contributed by atoms with van der Waals surface area (Å²) in [5.41, 5.74) is 6.59. The van der Waals surface area contributed by atoms with Crippen LogP contribution < -0.4 is 10.5 Å². The Morgan fingerprint density at radius 1 is 1.32 bits per heavy atom. The fourth-order valence-corrected chi connectivity index (χ4v) is 2.91. The molecule has 0 heterocycles. The van der Waals surface area contributed by atoms with E-state index in [9.17, 15) is 8.42 Å². The molecule has 6 heteroatoms. The van der Waals surface area contributed by atoms with Gasteiger partial charge < -0.3 is 10.6 Å². The van der Waals surface area contributed by atoms with Crippen LogP contribution in [0, 0.1) is 6.92 Å². The van der Waals surface area contributed by atoms with Gasteiger partial charge in [-0.1, -0.05) is 0 Å². The number of likely N-dealkylation sites (N-methyl/N-ethyl adjacent to an activating group) is 1. The molecule has 0 spiro atoms. The van der Waals surface area contributed by atoms with E-state index in [4.69, 9.17) is 5.73 Å². The van der Waals surface area contributed by atoms with Gasteiger partial charge in [0.25, 0.3) is 0 Å². The van der Waals surface area contributed by atoms with Gasteiger partial charge in [-0.05, 0) is 58.6 Å². The Hall–Kier alpha value is -1.11. The number of benzene rings is 1. The summed E-state index contributed by atoms with van der Waals surface area (Å²) in [4.78, 5) is 2.25. The van der Waals surface area contributed by atoms with Crippen LogP contribution in [0.15, 0.2) is 23.1 Å². The zero-order valence-electron chi connectivity index (χ0n) is 12.2. The van der Waals surface area contributed by atoms with Crippen LogP contribution in [0.4, 0.5) is 5.69 Å². The van der Waals surface area contributed by atoms with Crippen molar-refractivity contribution in [3.05, 3.63) is 23.8 Å². The normalized spacial score (nSPS) is 12.9. The molecule has 0 aromatic heterocycles. The van der Waals surface area contributed by atoms with Gasteiger partial charge >= 0.3 is 0 Å². The molecule has 0 saturated carbocycles. The Morgan fingerprint density at radius 3 is 2.37 bits per heavy atom. The van der Waals surface area contributed by atoms with Gasteiger partial charge in [0, 0.05) is 17.8 Å². The molecule has 1 aromatic carbocycles. The number of sulfonamides is 1. The highest BCUT2D eigenvalue weighted by atomic mass is 32.2. The summed E-state index contributed by atoms with van der Waals surface area (Å²) in [6, 6.07) is 4.79. The number of anilines is 1. The molecule has 5 nitrogen and oxygen atoms in total. The molecular weight excluding hydrogens is 262 g/mol. The van der Waals surface area contributed by atoms with Crippen LogP contribution in [0.3, 0.4) is 0 Å². The lowest BCUT2D eigenvalue weighted by atomic mass is 10.1. The number of nitrogens with two attached hydrogens (primary N) is 1. The molecule has 19 heavy (non-hydrogen) atoms. The highest BCUT2D eigenvalue weighted by Gasteiger charge is 2.24. The first-order valence-corrected chi connectivity index (χ1v) is 7.58. The predicted octanol–water partition coefficient (Wildman–Crippen LogP) is 1.20. The average Bonchev–Trinajstić information content (AvgIpc) is 2.26. The lowest BCUT2D eigenvalue weighted by Gasteiger charge is -2.32. The molecule has 0 radical (unpaired) electrons. The summed E-state index contributed by atoms with van der Waals surface area (Å²) < 4.78 is 27.2. The molecule has 0 aliphatic carbocycles. The third-order valence-corrected chi connectivity index (χ3v) is 4.96. The van der Waals surface area contributed by atoms with E-state index >= 15 is 0 Å². The molecule has 1 rings (SSSR count). The van der Waals surface area contributed by atoms with Gasteiger partial charge in [-0.2, -0.15) is 0 Å². The van der Waals surface area contributed by atoms with Crippen molar-refractivity contribution in [2.45, 2.75) is 31.2 Å². The number of rotatable bonds is 5. The van der Waals surface area contributed by atoms with Gasteiger partial charge in [0.15, 0.2) is 0 Å². The molecule has 0 atom stereocenters.